The summed E-state index contributed by atoms with van der Waals surface area (Å²) in [4.78, 5) is 36.8. The van der Waals surface area contributed by atoms with Crippen LogP contribution in [0.5, 0.6) is 0 Å². The molecule has 0 saturated carbocycles. The van der Waals surface area contributed by atoms with E-state index in [1.165, 1.54) is 24.8 Å². The lowest BCUT2D eigenvalue weighted by Crippen LogP contribution is -2.40. The number of nitrogens with zero attached hydrogens (tertiary/aromatic N) is 4. The van der Waals surface area contributed by atoms with E-state index >= 15 is 0 Å². The van der Waals surface area contributed by atoms with Crippen LogP contribution < -0.4 is 4.90 Å². The third-order valence-electron chi connectivity index (χ3n) is 7.95. The van der Waals surface area contributed by atoms with Crippen LogP contribution in [0.1, 0.15) is 36.8 Å². The van der Waals surface area contributed by atoms with Crippen molar-refractivity contribution < 1.29 is 9.59 Å². The summed E-state index contributed by atoms with van der Waals surface area (Å²) in [5.41, 5.74) is 3.39. The Morgan fingerprint density at radius 3 is 2.29 bits per heavy atom. The number of piperidine rings is 1. The normalized spacial score (nSPS) is 18.6. The third-order valence-corrected chi connectivity index (χ3v) is 7.95. The fourth-order valence-electron chi connectivity index (χ4n) is 5.81. The van der Waals surface area contributed by atoms with Crippen LogP contribution >= 0.6 is 0 Å². The van der Waals surface area contributed by atoms with Crippen LogP contribution in [0.15, 0.2) is 85.2 Å². The van der Waals surface area contributed by atoms with E-state index in [1.54, 1.807) is 17.3 Å². The number of hydrogen-bond donors (Lipinski definition) is 0. The zero-order valence-electron chi connectivity index (χ0n) is 22.1. The van der Waals surface area contributed by atoms with Gasteiger partial charge in [-0.2, -0.15) is 0 Å². The van der Waals surface area contributed by atoms with E-state index in [4.69, 9.17) is 0 Å². The maximum absolute atomic E-state index is 13.7. The van der Waals surface area contributed by atoms with Crippen molar-refractivity contribution in [3.63, 3.8) is 0 Å². The molecule has 0 radical (unpaired) electrons. The van der Waals surface area contributed by atoms with Gasteiger partial charge in [-0.05, 0) is 86.6 Å². The molecule has 2 aliphatic rings. The van der Waals surface area contributed by atoms with E-state index in [0.29, 0.717) is 19.6 Å². The molecular formula is C32H38N4O2. The number of aromatic nitrogens is 1. The van der Waals surface area contributed by atoms with Crippen LogP contribution in [0.3, 0.4) is 0 Å². The maximum atomic E-state index is 13.7. The Hall–Kier alpha value is -3.51. The van der Waals surface area contributed by atoms with Crippen molar-refractivity contribution in [3.8, 4) is 0 Å². The zero-order valence-corrected chi connectivity index (χ0v) is 22.1. The second-order valence-corrected chi connectivity index (χ2v) is 10.7. The molecule has 2 aliphatic heterocycles. The summed E-state index contributed by atoms with van der Waals surface area (Å²) in [6.45, 7) is 4.90. The lowest BCUT2D eigenvalue weighted by atomic mass is 9.90. The van der Waals surface area contributed by atoms with Gasteiger partial charge in [0.15, 0.2) is 0 Å². The number of carbonyl (C=O) groups is 2. The molecule has 0 spiro atoms. The highest BCUT2D eigenvalue weighted by molar-refractivity contribution is 5.99. The number of carbonyl (C=O) groups excluding carboxylic acids is 2. The molecule has 2 saturated heterocycles. The summed E-state index contributed by atoms with van der Waals surface area (Å²) >= 11 is 0. The van der Waals surface area contributed by atoms with Gasteiger partial charge >= 0.3 is 0 Å². The smallest absolute Gasteiger partial charge is 0.232 e. The molecule has 2 aromatic carbocycles. The van der Waals surface area contributed by atoms with E-state index in [2.05, 4.69) is 40.2 Å². The van der Waals surface area contributed by atoms with Crippen molar-refractivity contribution in [2.45, 2.75) is 38.6 Å². The number of pyridine rings is 1. The van der Waals surface area contributed by atoms with Crippen LogP contribution in [0, 0.1) is 11.8 Å². The standard InChI is InChI=1S/C32H38N4O2/c37-31-23-29(25-35(31)24-28-12-16-33-17-13-28)32(38)36(30-10-5-2-6-11-30)19-7-18-34-20-14-27(15-21-34)22-26-8-3-1-4-9-26/h1-6,8-13,16-17,27,29H,7,14-15,18-25H2. The third kappa shape index (κ3) is 6.87. The Bertz CT molecular complexity index is 1160. The topological polar surface area (TPSA) is 56.8 Å². The van der Waals surface area contributed by atoms with Crippen molar-refractivity contribution in [2.75, 3.05) is 37.6 Å². The number of amides is 2. The number of benzene rings is 2. The molecule has 38 heavy (non-hydrogen) atoms. The summed E-state index contributed by atoms with van der Waals surface area (Å²) in [7, 11) is 0. The van der Waals surface area contributed by atoms with Crippen LogP contribution in [-0.2, 0) is 22.6 Å². The highest BCUT2D eigenvalue weighted by Crippen LogP contribution is 2.26. The fraction of sp³-hybridized carbons (Fsp3) is 0.406. The van der Waals surface area contributed by atoms with Gasteiger partial charge in [0.1, 0.15) is 0 Å². The van der Waals surface area contributed by atoms with Crippen molar-refractivity contribution in [2.24, 2.45) is 11.8 Å². The average Bonchev–Trinajstić information content (AvgIpc) is 3.33. The first-order chi connectivity index (χ1) is 18.7. The molecule has 3 aromatic rings. The molecule has 2 fully saturated rings. The van der Waals surface area contributed by atoms with E-state index in [-0.39, 0.29) is 24.2 Å². The molecule has 198 valence electrons. The second kappa shape index (κ2) is 12.8. The lowest BCUT2D eigenvalue weighted by Gasteiger charge is -2.33. The summed E-state index contributed by atoms with van der Waals surface area (Å²) in [6.07, 6.45) is 8.31. The predicted octanol–water partition coefficient (Wildman–Crippen LogP) is 4.81. The first kappa shape index (κ1) is 26.1. The van der Waals surface area contributed by atoms with Crippen LogP contribution in [0.4, 0.5) is 5.69 Å². The summed E-state index contributed by atoms with van der Waals surface area (Å²) in [6, 6.07) is 24.6. The number of para-hydroxylation sites is 1. The van der Waals surface area contributed by atoms with Gasteiger partial charge < -0.3 is 14.7 Å². The summed E-state index contributed by atoms with van der Waals surface area (Å²) in [5, 5.41) is 0. The Morgan fingerprint density at radius 2 is 1.58 bits per heavy atom. The van der Waals surface area contributed by atoms with Gasteiger partial charge in [-0.1, -0.05) is 48.5 Å². The van der Waals surface area contributed by atoms with E-state index in [9.17, 15) is 9.59 Å². The highest BCUT2D eigenvalue weighted by atomic mass is 16.2. The van der Waals surface area contributed by atoms with Gasteiger partial charge in [0.25, 0.3) is 0 Å². The van der Waals surface area contributed by atoms with Gasteiger partial charge in [-0.15, -0.1) is 0 Å². The Labute approximate surface area is 226 Å². The van der Waals surface area contributed by atoms with Crippen LogP contribution in [0.25, 0.3) is 0 Å². The minimum Gasteiger partial charge on any atom is -0.338 e. The number of anilines is 1. The molecule has 5 rings (SSSR count). The Balaban J connectivity index is 1.14. The first-order valence-electron chi connectivity index (χ1n) is 13.9. The van der Waals surface area contributed by atoms with Gasteiger partial charge in [0, 0.05) is 44.1 Å². The molecule has 1 unspecified atom stereocenters. The summed E-state index contributed by atoms with van der Waals surface area (Å²) in [5.74, 6) is 0.555. The van der Waals surface area contributed by atoms with Gasteiger partial charge in [0.2, 0.25) is 11.8 Å². The van der Waals surface area contributed by atoms with E-state index in [0.717, 1.165) is 43.2 Å². The molecule has 0 aliphatic carbocycles. The molecule has 0 bridgehead atoms. The van der Waals surface area contributed by atoms with Crippen molar-refractivity contribution in [3.05, 3.63) is 96.3 Å². The fourth-order valence-corrected chi connectivity index (χ4v) is 5.81. The minimum atomic E-state index is -0.307. The van der Waals surface area contributed by atoms with E-state index in [1.807, 2.05) is 47.4 Å². The van der Waals surface area contributed by atoms with Gasteiger partial charge in [-0.25, -0.2) is 0 Å². The maximum Gasteiger partial charge on any atom is 0.232 e. The van der Waals surface area contributed by atoms with Crippen molar-refractivity contribution in [1.29, 1.82) is 0 Å². The number of rotatable bonds is 10. The van der Waals surface area contributed by atoms with Crippen LogP contribution in [-0.4, -0.2) is 59.3 Å². The number of hydrogen-bond acceptors (Lipinski definition) is 4. The van der Waals surface area contributed by atoms with Crippen molar-refractivity contribution >= 4 is 17.5 Å². The summed E-state index contributed by atoms with van der Waals surface area (Å²) < 4.78 is 0. The van der Waals surface area contributed by atoms with E-state index < -0.39 is 0 Å². The quantitative estimate of drug-likeness (QED) is 0.393. The molecule has 1 aromatic heterocycles. The highest BCUT2D eigenvalue weighted by Gasteiger charge is 2.37. The predicted molar refractivity (Wildman–Crippen MR) is 150 cm³/mol. The first-order valence-corrected chi connectivity index (χ1v) is 13.9. The minimum absolute atomic E-state index is 0.0477. The van der Waals surface area contributed by atoms with Gasteiger partial charge in [0.05, 0.1) is 5.92 Å². The Morgan fingerprint density at radius 1 is 0.895 bits per heavy atom. The molecule has 0 N–H and O–H groups in total. The number of likely N-dealkylation sites (tertiary alicyclic amines) is 2. The molecule has 3 heterocycles. The average molecular weight is 511 g/mol. The van der Waals surface area contributed by atoms with Gasteiger partial charge in [-0.3, -0.25) is 14.6 Å². The molecule has 6 nitrogen and oxygen atoms in total. The monoisotopic (exact) mass is 510 g/mol. The largest absolute Gasteiger partial charge is 0.338 e. The molecule has 1 atom stereocenters. The zero-order chi connectivity index (χ0) is 26.2. The SMILES string of the molecule is O=C1CC(C(=O)N(CCCN2CCC(Cc3ccccc3)CC2)c2ccccc2)CN1Cc1ccncc1. The lowest BCUT2D eigenvalue weighted by molar-refractivity contribution is -0.128. The van der Waals surface area contributed by atoms with Crippen molar-refractivity contribution in [1.82, 2.24) is 14.8 Å². The Kier molecular flexibility index (Phi) is 8.82. The second-order valence-electron chi connectivity index (χ2n) is 10.7. The van der Waals surface area contributed by atoms with Crippen LogP contribution in [0.2, 0.25) is 0 Å². The molecule has 2 amide bonds. The molecular weight excluding hydrogens is 472 g/mol. The molecule has 6 heteroatoms.